The largest absolute Gasteiger partial charge is 0.376 e. The highest BCUT2D eigenvalue weighted by Gasteiger charge is 2.56. The first-order chi connectivity index (χ1) is 8.84. The van der Waals surface area contributed by atoms with Crippen LogP contribution in [-0.4, -0.2) is 31.5 Å². The molecule has 2 aliphatic rings. The molecule has 1 saturated heterocycles. The molecular formula is C13H17ClN2O2S. The fourth-order valence-corrected chi connectivity index (χ4v) is 4.12. The summed E-state index contributed by atoms with van der Waals surface area (Å²) >= 11 is 6.00. The minimum Gasteiger partial charge on any atom is -0.376 e. The Bertz CT molecular complexity index is 552. The lowest BCUT2D eigenvalue weighted by atomic mass is 9.94. The van der Waals surface area contributed by atoms with E-state index in [1.54, 1.807) is 6.07 Å². The number of pyridine rings is 1. The summed E-state index contributed by atoms with van der Waals surface area (Å²) in [5, 5.41) is 0.480. The quantitative estimate of drug-likeness (QED) is 0.747. The van der Waals surface area contributed by atoms with E-state index in [0.717, 1.165) is 11.3 Å². The van der Waals surface area contributed by atoms with Crippen LogP contribution in [0.5, 0.6) is 0 Å². The number of hydrogen-bond donors (Lipinski definition) is 0. The van der Waals surface area contributed by atoms with Gasteiger partial charge in [0.2, 0.25) is 0 Å². The molecular weight excluding hydrogens is 284 g/mol. The molecule has 2 aliphatic heterocycles. The van der Waals surface area contributed by atoms with E-state index in [4.69, 9.17) is 16.3 Å². The molecule has 1 aromatic heterocycles. The summed E-state index contributed by atoms with van der Waals surface area (Å²) in [5.41, 5.74) is 1.69. The SMILES string of the molecule is CC(C)(C)S(=O)N1Cc2ccc(Cl)nc2C12COC2. The van der Waals surface area contributed by atoms with Crippen LogP contribution in [0.3, 0.4) is 0 Å². The van der Waals surface area contributed by atoms with Gasteiger partial charge in [0.15, 0.2) is 0 Å². The lowest BCUT2D eigenvalue weighted by Crippen LogP contribution is -2.58. The van der Waals surface area contributed by atoms with Crippen molar-refractivity contribution >= 4 is 22.6 Å². The Balaban J connectivity index is 2.05. The molecule has 4 nitrogen and oxygen atoms in total. The molecule has 3 rings (SSSR count). The van der Waals surface area contributed by atoms with Gasteiger partial charge in [0, 0.05) is 6.54 Å². The van der Waals surface area contributed by atoms with E-state index in [-0.39, 0.29) is 10.3 Å². The standard InChI is InChI=1S/C13H17ClN2O2S/c1-12(2,3)19(17)16-6-9-4-5-10(14)15-11(9)13(16)7-18-8-13/h4-5H,6-8H2,1-3H3. The first-order valence-corrected chi connectivity index (χ1v) is 7.76. The Morgan fingerprint density at radius 1 is 1.42 bits per heavy atom. The average molecular weight is 301 g/mol. The van der Waals surface area contributed by atoms with E-state index in [1.165, 1.54) is 0 Å². The normalized spacial score (nSPS) is 23.2. The molecule has 1 aromatic rings. The summed E-state index contributed by atoms with van der Waals surface area (Å²) in [6.45, 7) is 7.68. The average Bonchev–Trinajstić information content (AvgIpc) is 2.60. The molecule has 1 spiro atoms. The molecule has 3 heterocycles. The van der Waals surface area contributed by atoms with Crippen molar-refractivity contribution in [3.63, 3.8) is 0 Å². The first kappa shape index (κ1) is 13.5. The summed E-state index contributed by atoms with van der Waals surface area (Å²) in [4.78, 5) is 4.45. The molecule has 0 bridgehead atoms. The molecule has 0 aromatic carbocycles. The minimum atomic E-state index is -1.09. The molecule has 0 radical (unpaired) electrons. The third kappa shape index (κ3) is 1.95. The zero-order chi connectivity index (χ0) is 13.8. The number of aromatic nitrogens is 1. The van der Waals surface area contributed by atoms with Crippen molar-refractivity contribution in [1.82, 2.24) is 9.29 Å². The van der Waals surface area contributed by atoms with E-state index < -0.39 is 11.0 Å². The molecule has 1 fully saturated rings. The molecule has 6 heteroatoms. The molecule has 19 heavy (non-hydrogen) atoms. The van der Waals surface area contributed by atoms with E-state index in [1.807, 2.05) is 31.1 Å². The van der Waals surface area contributed by atoms with Crippen molar-refractivity contribution in [3.8, 4) is 0 Å². The van der Waals surface area contributed by atoms with E-state index in [2.05, 4.69) is 4.98 Å². The molecule has 0 N–H and O–H groups in total. The Hall–Kier alpha value is -0.490. The maximum Gasteiger partial charge on any atom is 0.129 e. The van der Waals surface area contributed by atoms with Gasteiger partial charge in [-0.1, -0.05) is 17.7 Å². The van der Waals surface area contributed by atoms with Gasteiger partial charge in [0.1, 0.15) is 21.7 Å². The summed E-state index contributed by atoms with van der Waals surface area (Å²) in [5.74, 6) is 0. The Morgan fingerprint density at radius 2 is 2.11 bits per heavy atom. The van der Waals surface area contributed by atoms with E-state index >= 15 is 0 Å². The monoisotopic (exact) mass is 300 g/mol. The number of rotatable bonds is 1. The number of ether oxygens (including phenoxy) is 1. The predicted octanol–water partition coefficient (Wildman–Crippen LogP) is 2.24. The van der Waals surface area contributed by atoms with Gasteiger partial charge in [-0.3, -0.25) is 0 Å². The molecule has 0 aliphatic carbocycles. The van der Waals surface area contributed by atoms with Crippen LogP contribution in [0.25, 0.3) is 0 Å². The van der Waals surface area contributed by atoms with Gasteiger partial charge in [-0.05, 0) is 32.4 Å². The molecule has 104 valence electrons. The van der Waals surface area contributed by atoms with Crippen molar-refractivity contribution < 1.29 is 8.95 Å². The Labute approximate surface area is 120 Å². The van der Waals surface area contributed by atoms with Crippen LogP contribution in [0.15, 0.2) is 12.1 Å². The van der Waals surface area contributed by atoms with Gasteiger partial charge in [0.25, 0.3) is 0 Å². The van der Waals surface area contributed by atoms with Crippen molar-refractivity contribution in [2.45, 2.75) is 37.6 Å². The van der Waals surface area contributed by atoms with E-state index in [0.29, 0.717) is 24.9 Å². The maximum atomic E-state index is 12.7. The van der Waals surface area contributed by atoms with Crippen LogP contribution in [0.1, 0.15) is 32.0 Å². The number of halogens is 1. The van der Waals surface area contributed by atoms with Gasteiger partial charge < -0.3 is 4.74 Å². The van der Waals surface area contributed by atoms with Crippen molar-refractivity contribution in [2.24, 2.45) is 0 Å². The molecule has 0 saturated carbocycles. The van der Waals surface area contributed by atoms with Crippen LogP contribution in [0, 0.1) is 0 Å². The topological polar surface area (TPSA) is 42.4 Å². The van der Waals surface area contributed by atoms with E-state index in [9.17, 15) is 4.21 Å². The van der Waals surface area contributed by atoms with Crippen molar-refractivity contribution in [1.29, 1.82) is 0 Å². The summed E-state index contributed by atoms with van der Waals surface area (Å²) in [6.07, 6.45) is 0. The maximum absolute atomic E-state index is 12.7. The van der Waals surface area contributed by atoms with Gasteiger partial charge in [-0.2, -0.15) is 0 Å². The summed E-state index contributed by atoms with van der Waals surface area (Å²) in [6, 6.07) is 3.77. The number of hydrogen-bond acceptors (Lipinski definition) is 3. The fraction of sp³-hybridized carbons (Fsp3) is 0.615. The number of nitrogens with zero attached hydrogens (tertiary/aromatic N) is 2. The van der Waals surface area contributed by atoms with Gasteiger partial charge in [0.05, 0.1) is 23.7 Å². The van der Waals surface area contributed by atoms with Gasteiger partial charge in [-0.15, -0.1) is 0 Å². The Kier molecular flexibility index (Phi) is 3.02. The highest BCUT2D eigenvalue weighted by atomic mass is 35.5. The lowest BCUT2D eigenvalue weighted by molar-refractivity contribution is -0.111. The van der Waals surface area contributed by atoms with Crippen molar-refractivity contribution in [3.05, 3.63) is 28.5 Å². The van der Waals surface area contributed by atoms with Gasteiger partial charge >= 0.3 is 0 Å². The van der Waals surface area contributed by atoms with Crippen LogP contribution < -0.4 is 0 Å². The van der Waals surface area contributed by atoms with Crippen molar-refractivity contribution in [2.75, 3.05) is 13.2 Å². The fourth-order valence-electron chi connectivity index (χ4n) is 2.54. The predicted molar refractivity (Wildman–Crippen MR) is 75.2 cm³/mol. The lowest BCUT2D eigenvalue weighted by Gasteiger charge is -2.45. The minimum absolute atomic E-state index is 0.297. The molecule has 0 amide bonds. The highest BCUT2D eigenvalue weighted by Crippen LogP contribution is 2.46. The highest BCUT2D eigenvalue weighted by molar-refractivity contribution is 7.84. The van der Waals surface area contributed by atoms with Crippen LogP contribution >= 0.6 is 11.6 Å². The second kappa shape index (κ2) is 4.25. The third-order valence-electron chi connectivity index (χ3n) is 3.58. The first-order valence-electron chi connectivity index (χ1n) is 6.28. The summed E-state index contributed by atoms with van der Waals surface area (Å²) < 4.78 is 19.9. The van der Waals surface area contributed by atoms with Crippen LogP contribution in [0.2, 0.25) is 5.15 Å². The molecule has 1 unspecified atom stereocenters. The number of fused-ring (bicyclic) bond motifs is 2. The Morgan fingerprint density at radius 3 is 2.63 bits per heavy atom. The molecule has 1 atom stereocenters. The smallest absolute Gasteiger partial charge is 0.129 e. The van der Waals surface area contributed by atoms with Gasteiger partial charge in [-0.25, -0.2) is 13.5 Å². The summed E-state index contributed by atoms with van der Waals surface area (Å²) in [7, 11) is -1.09. The zero-order valence-corrected chi connectivity index (χ0v) is 12.8. The van der Waals surface area contributed by atoms with Crippen LogP contribution in [-0.2, 0) is 27.8 Å². The third-order valence-corrected chi connectivity index (χ3v) is 5.72. The second-order valence-corrected chi connectivity index (χ2v) is 8.62. The van der Waals surface area contributed by atoms with Crippen LogP contribution in [0.4, 0.5) is 0 Å². The second-order valence-electron chi connectivity index (χ2n) is 6.06. The zero-order valence-electron chi connectivity index (χ0n) is 11.3.